The minimum atomic E-state index is -0.389. The van der Waals surface area contributed by atoms with E-state index in [1.54, 1.807) is 22.0 Å². The van der Waals surface area contributed by atoms with Crippen LogP contribution in [0.25, 0.3) is 0 Å². The minimum absolute atomic E-state index is 0.0417. The first-order valence-corrected chi connectivity index (χ1v) is 8.67. The number of hydrogen-bond donors (Lipinski definition) is 2. The molecule has 134 valence electrons. The predicted molar refractivity (Wildman–Crippen MR) is 94.1 cm³/mol. The molecule has 2 atom stereocenters. The fourth-order valence-electron chi connectivity index (χ4n) is 3.68. The van der Waals surface area contributed by atoms with E-state index in [0.717, 1.165) is 29.8 Å². The summed E-state index contributed by atoms with van der Waals surface area (Å²) < 4.78 is 1.78. The van der Waals surface area contributed by atoms with Crippen LogP contribution < -0.4 is 5.73 Å². The Morgan fingerprint density at radius 2 is 2.16 bits per heavy atom. The number of primary amides is 1. The van der Waals surface area contributed by atoms with Crippen molar-refractivity contribution in [3.05, 3.63) is 41.0 Å². The summed E-state index contributed by atoms with van der Waals surface area (Å²) in [6.07, 6.45) is 5.36. The van der Waals surface area contributed by atoms with Crippen LogP contribution in [0.15, 0.2) is 18.5 Å². The van der Waals surface area contributed by atoms with Gasteiger partial charge in [-0.2, -0.15) is 5.10 Å². The van der Waals surface area contributed by atoms with E-state index in [9.17, 15) is 9.59 Å². The number of aromatic nitrogens is 3. The fraction of sp³-hybridized carbons (Fsp3) is 0.500. The van der Waals surface area contributed by atoms with Gasteiger partial charge in [0.2, 0.25) is 5.91 Å². The van der Waals surface area contributed by atoms with Gasteiger partial charge in [-0.15, -0.1) is 0 Å². The molecule has 25 heavy (non-hydrogen) atoms. The van der Waals surface area contributed by atoms with Gasteiger partial charge in [0.1, 0.15) is 0 Å². The minimum Gasteiger partial charge on any atom is -0.369 e. The summed E-state index contributed by atoms with van der Waals surface area (Å²) in [6, 6.07) is 1.81. The SMILES string of the molecule is CCCc1[nH]ccc1C(=O)N1C[C@H](C(N)=O)[C@@H](c2cnn(C)c2C)C1. The van der Waals surface area contributed by atoms with E-state index in [4.69, 9.17) is 5.73 Å². The lowest BCUT2D eigenvalue weighted by molar-refractivity contribution is -0.121. The molecule has 1 aliphatic rings. The molecule has 3 N–H and O–H groups in total. The molecule has 7 heteroatoms. The topological polar surface area (TPSA) is 97.0 Å². The Kier molecular flexibility index (Phi) is 4.65. The Hall–Kier alpha value is -2.57. The van der Waals surface area contributed by atoms with Crippen LogP contribution in [-0.4, -0.2) is 44.6 Å². The number of amides is 2. The van der Waals surface area contributed by atoms with Crippen LogP contribution in [0, 0.1) is 12.8 Å². The van der Waals surface area contributed by atoms with Gasteiger partial charge in [-0.25, -0.2) is 0 Å². The molecule has 0 radical (unpaired) electrons. The first-order chi connectivity index (χ1) is 11.9. The third kappa shape index (κ3) is 3.06. The monoisotopic (exact) mass is 343 g/mol. The molecule has 0 spiro atoms. The van der Waals surface area contributed by atoms with Gasteiger partial charge in [0.05, 0.1) is 17.7 Å². The van der Waals surface area contributed by atoms with Crippen molar-refractivity contribution in [2.45, 2.75) is 32.6 Å². The summed E-state index contributed by atoms with van der Waals surface area (Å²) in [5.74, 6) is -0.907. The van der Waals surface area contributed by atoms with Gasteiger partial charge in [-0.1, -0.05) is 13.3 Å². The number of nitrogens with two attached hydrogens (primary N) is 1. The summed E-state index contributed by atoms with van der Waals surface area (Å²) in [7, 11) is 1.87. The smallest absolute Gasteiger partial charge is 0.255 e. The highest BCUT2D eigenvalue weighted by Gasteiger charge is 2.41. The highest BCUT2D eigenvalue weighted by molar-refractivity contribution is 5.96. The van der Waals surface area contributed by atoms with E-state index in [2.05, 4.69) is 17.0 Å². The van der Waals surface area contributed by atoms with Crippen LogP contribution in [0.1, 0.15) is 46.6 Å². The van der Waals surface area contributed by atoms with Crippen LogP contribution >= 0.6 is 0 Å². The lowest BCUT2D eigenvalue weighted by Crippen LogP contribution is -2.32. The molecule has 0 unspecified atom stereocenters. The van der Waals surface area contributed by atoms with E-state index < -0.39 is 0 Å². The van der Waals surface area contributed by atoms with Crippen LogP contribution in [0.4, 0.5) is 0 Å². The van der Waals surface area contributed by atoms with Gasteiger partial charge in [-0.3, -0.25) is 14.3 Å². The molecule has 2 aromatic heterocycles. The zero-order valence-electron chi connectivity index (χ0n) is 15.0. The first kappa shape index (κ1) is 17.3. The van der Waals surface area contributed by atoms with Crippen molar-refractivity contribution in [3.8, 4) is 0 Å². The molecule has 7 nitrogen and oxygen atoms in total. The van der Waals surface area contributed by atoms with Gasteiger partial charge in [0, 0.05) is 43.6 Å². The number of likely N-dealkylation sites (tertiary alicyclic amines) is 1. The third-order valence-electron chi connectivity index (χ3n) is 5.21. The van der Waals surface area contributed by atoms with Crippen molar-refractivity contribution in [1.29, 1.82) is 0 Å². The lowest BCUT2D eigenvalue weighted by Gasteiger charge is -2.16. The maximum absolute atomic E-state index is 13.0. The number of carbonyl (C=O) groups excluding carboxylic acids is 2. The zero-order valence-corrected chi connectivity index (χ0v) is 15.0. The normalized spacial score (nSPS) is 20.2. The van der Waals surface area contributed by atoms with E-state index in [1.807, 2.05) is 20.0 Å². The molecule has 1 aliphatic heterocycles. The summed E-state index contributed by atoms with van der Waals surface area (Å²) >= 11 is 0. The van der Waals surface area contributed by atoms with Gasteiger partial charge in [0.15, 0.2) is 0 Å². The molecule has 1 saturated heterocycles. The number of nitrogens with one attached hydrogen (secondary N) is 1. The molecule has 1 fully saturated rings. The maximum Gasteiger partial charge on any atom is 0.255 e. The van der Waals surface area contributed by atoms with E-state index >= 15 is 0 Å². The van der Waals surface area contributed by atoms with Crippen LogP contribution in [0.5, 0.6) is 0 Å². The molecule has 0 aliphatic carbocycles. The van der Waals surface area contributed by atoms with Gasteiger partial charge >= 0.3 is 0 Å². The average molecular weight is 343 g/mol. The Balaban J connectivity index is 1.87. The van der Waals surface area contributed by atoms with Crippen LogP contribution in [0.2, 0.25) is 0 Å². The van der Waals surface area contributed by atoms with E-state index in [-0.39, 0.29) is 23.7 Å². The van der Waals surface area contributed by atoms with Crippen molar-refractivity contribution in [1.82, 2.24) is 19.7 Å². The molecule has 2 amide bonds. The second kappa shape index (κ2) is 6.74. The van der Waals surface area contributed by atoms with Crippen molar-refractivity contribution >= 4 is 11.8 Å². The zero-order chi connectivity index (χ0) is 18.1. The summed E-state index contributed by atoms with van der Waals surface area (Å²) in [4.78, 5) is 29.8. The Morgan fingerprint density at radius 3 is 2.76 bits per heavy atom. The molecule has 0 bridgehead atoms. The maximum atomic E-state index is 13.0. The second-order valence-corrected chi connectivity index (χ2v) is 6.75. The molecular weight excluding hydrogens is 318 g/mol. The van der Waals surface area contributed by atoms with Gasteiger partial charge in [0.25, 0.3) is 5.91 Å². The van der Waals surface area contributed by atoms with Gasteiger partial charge in [-0.05, 0) is 25.0 Å². The number of hydrogen-bond acceptors (Lipinski definition) is 3. The standard InChI is InChI=1S/C18H25N5O2/c1-4-5-16-12(6-7-20-16)18(25)23-9-14(15(10-23)17(19)24)13-8-21-22(3)11(13)2/h6-8,14-15,20H,4-5,9-10H2,1-3H3,(H2,19,24)/t14-,15+/m1/s1. The molecule has 0 aromatic carbocycles. The average Bonchev–Trinajstić information content (AvgIpc) is 3.27. The highest BCUT2D eigenvalue weighted by atomic mass is 16.2. The second-order valence-electron chi connectivity index (χ2n) is 6.75. The predicted octanol–water partition coefficient (Wildman–Crippen LogP) is 1.35. The largest absolute Gasteiger partial charge is 0.369 e. The number of H-pyrrole nitrogens is 1. The van der Waals surface area contributed by atoms with Crippen molar-refractivity contribution in [2.75, 3.05) is 13.1 Å². The lowest BCUT2D eigenvalue weighted by atomic mass is 9.89. The first-order valence-electron chi connectivity index (χ1n) is 8.67. The Bertz CT molecular complexity index is 791. The van der Waals surface area contributed by atoms with Crippen LogP contribution in [-0.2, 0) is 18.3 Å². The van der Waals surface area contributed by atoms with Crippen molar-refractivity contribution < 1.29 is 9.59 Å². The summed E-state index contributed by atoms with van der Waals surface area (Å²) in [5.41, 5.74) is 9.26. The molecular formula is C18H25N5O2. The molecule has 3 heterocycles. The Morgan fingerprint density at radius 1 is 1.40 bits per heavy atom. The molecule has 2 aromatic rings. The van der Waals surface area contributed by atoms with Gasteiger partial charge < -0.3 is 15.6 Å². The van der Waals surface area contributed by atoms with Crippen molar-refractivity contribution in [3.63, 3.8) is 0 Å². The van der Waals surface area contributed by atoms with E-state index in [1.165, 1.54) is 0 Å². The quantitative estimate of drug-likeness (QED) is 0.857. The summed E-state index contributed by atoms with van der Waals surface area (Å²) in [5, 5.41) is 4.27. The molecule has 0 saturated carbocycles. The number of nitrogens with zero attached hydrogens (tertiary/aromatic N) is 3. The highest BCUT2D eigenvalue weighted by Crippen LogP contribution is 2.35. The number of carbonyl (C=O) groups is 2. The number of aryl methyl sites for hydroxylation is 2. The van der Waals surface area contributed by atoms with E-state index in [0.29, 0.717) is 18.7 Å². The third-order valence-corrected chi connectivity index (χ3v) is 5.21. The van der Waals surface area contributed by atoms with Crippen molar-refractivity contribution in [2.24, 2.45) is 18.7 Å². The van der Waals surface area contributed by atoms with Crippen LogP contribution in [0.3, 0.4) is 0 Å². The molecule has 3 rings (SSSR count). The fourth-order valence-corrected chi connectivity index (χ4v) is 3.68. The summed E-state index contributed by atoms with van der Waals surface area (Å²) in [6.45, 7) is 4.88. The Labute approximate surface area is 147 Å². The number of aromatic amines is 1. The number of rotatable bonds is 5.